The summed E-state index contributed by atoms with van der Waals surface area (Å²) in [5.74, 6) is 5.05. The number of pyridine rings is 1. The molecular weight excluding hydrogens is 241 g/mol. The van der Waals surface area contributed by atoms with Crippen LogP contribution in [0.1, 0.15) is 17.3 Å². The van der Waals surface area contributed by atoms with Gasteiger partial charge >= 0.3 is 0 Å². The molecule has 2 rings (SSSR count). The van der Waals surface area contributed by atoms with Gasteiger partial charge in [0.15, 0.2) is 0 Å². The fourth-order valence-corrected chi connectivity index (χ4v) is 1.83. The first-order valence-corrected chi connectivity index (χ1v) is 5.42. The van der Waals surface area contributed by atoms with E-state index in [-0.39, 0.29) is 5.69 Å². The first-order valence-electron chi connectivity index (χ1n) is 5.04. The average Bonchev–Trinajstić information content (AvgIpc) is 2.33. The Hall–Kier alpha value is -1.49. The minimum absolute atomic E-state index is 0.247. The van der Waals surface area contributed by atoms with Crippen LogP contribution in [-0.2, 0) is 0 Å². The lowest BCUT2D eigenvalue weighted by atomic mass is 10.0. The Morgan fingerprint density at radius 1 is 1.29 bits per heavy atom. The van der Waals surface area contributed by atoms with Gasteiger partial charge in [0.25, 0.3) is 0 Å². The molecule has 3 nitrogen and oxygen atoms in total. The molecule has 0 saturated heterocycles. The molecule has 1 aromatic heterocycles. The number of hydrogen-bond donors (Lipinski definition) is 2. The van der Waals surface area contributed by atoms with E-state index in [4.69, 9.17) is 17.4 Å². The van der Waals surface area contributed by atoms with Gasteiger partial charge < -0.3 is 0 Å². The summed E-state index contributed by atoms with van der Waals surface area (Å²) in [5.41, 5.74) is 3.55. The lowest BCUT2D eigenvalue weighted by molar-refractivity contribution is 0.543. The molecule has 88 valence electrons. The summed E-state index contributed by atoms with van der Waals surface area (Å²) in [4.78, 5) is 3.99. The Morgan fingerprint density at radius 2 is 2.12 bits per heavy atom. The van der Waals surface area contributed by atoms with E-state index >= 15 is 0 Å². The van der Waals surface area contributed by atoms with Gasteiger partial charge in [-0.05, 0) is 29.8 Å². The van der Waals surface area contributed by atoms with Crippen LogP contribution in [0, 0.1) is 5.82 Å². The summed E-state index contributed by atoms with van der Waals surface area (Å²) >= 11 is 5.89. The van der Waals surface area contributed by atoms with E-state index in [1.807, 2.05) is 6.07 Å². The summed E-state index contributed by atoms with van der Waals surface area (Å²) in [6.07, 6.45) is 1.52. The molecule has 0 spiro atoms. The predicted octanol–water partition coefficient (Wildman–Crippen LogP) is 2.43. The molecule has 0 saturated carbocycles. The van der Waals surface area contributed by atoms with Crippen molar-refractivity contribution in [2.75, 3.05) is 0 Å². The molecule has 0 fully saturated rings. The minimum Gasteiger partial charge on any atom is -0.271 e. The lowest BCUT2D eigenvalue weighted by Gasteiger charge is -2.16. The fourth-order valence-electron chi connectivity index (χ4n) is 1.63. The van der Waals surface area contributed by atoms with Gasteiger partial charge in [0.05, 0.1) is 11.7 Å². The van der Waals surface area contributed by atoms with Gasteiger partial charge in [-0.25, -0.2) is 9.82 Å². The third kappa shape index (κ3) is 2.61. The molecule has 1 atom stereocenters. The summed E-state index contributed by atoms with van der Waals surface area (Å²) in [6.45, 7) is 0. The maximum atomic E-state index is 13.6. The van der Waals surface area contributed by atoms with E-state index in [0.29, 0.717) is 5.02 Å². The van der Waals surface area contributed by atoms with Gasteiger partial charge in [-0.2, -0.15) is 0 Å². The third-order valence-electron chi connectivity index (χ3n) is 2.41. The quantitative estimate of drug-likeness (QED) is 0.651. The highest BCUT2D eigenvalue weighted by Gasteiger charge is 2.17. The molecule has 0 aliphatic rings. The van der Waals surface area contributed by atoms with Crippen molar-refractivity contribution in [1.82, 2.24) is 10.4 Å². The first kappa shape index (κ1) is 12.0. The van der Waals surface area contributed by atoms with Crippen LogP contribution in [0.15, 0.2) is 42.6 Å². The largest absolute Gasteiger partial charge is 0.271 e. The van der Waals surface area contributed by atoms with E-state index in [1.165, 1.54) is 18.3 Å². The van der Waals surface area contributed by atoms with E-state index in [1.54, 1.807) is 18.2 Å². The summed E-state index contributed by atoms with van der Waals surface area (Å²) in [7, 11) is 0. The molecule has 0 radical (unpaired) electrons. The van der Waals surface area contributed by atoms with Crippen LogP contribution in [0.4, 0.5) is 4.39 Å². The molecule has 1 heterocycles. The van der Waals surface area contributed by atoms with Crippen molar-refractivity contribution in [3.63, 3.8) is 0 Å². The predicted molar refractivity (Wildman–Crippen MR) is 64.8 cm³/mol. The summed E-state index contributed by atoms with van der Waals surface area (Å²) in [6, 6.07) is 9.41. The number of hydrogen-bond acceptors (Lipinski definition) is 3. The Morgan fingerprint density at radius 3 is 2.76 bits per heavy atom. The van der Waals surface area contributed by atoms with Crippen LogP contribution in [0.3, 0.4) is 0 Å². The van der Waals surface area contributed by atoms with Crippen LogP contribution >= 0.6 is 11.6 Å². The monoisotopic (exact) mass is 251 g/mol. The number of nitrogens with one attached hydrogen (secondary N) is 1. The Labute approximate surface area is 103 Å². The zero-order valence-corrected chi connectivity index (χ0v) is 9.66. The van der Waals surface area contributed by atoms with Crippen LogP contribution in [0.5, 0.6) is 0 Å². The zero-order valence-electron chi connectivity index (χ0n) is 8.90. The Kier molecular flexibility index (Phi) is 3.68. The molecule has 2 aromatic rings. The van der Waals surface area contributed by atoms with Crippen LogP contribution in [0.25, 0.3) is 0 Å². The molecule has 0 aliphatic heterocycles. The zero-order chi connectivity index (χ0) is 12.3. The van der Waals surface area contributed by atoms with Gasteiger partial charge in [-0.3, -0.25) is 10.8 Å². The second kappa shape index (κ2) is 5.23. The van der Waals surface area contributed by atoms with Crippen molar-refractivity contribution in [2.24, 2.45) is 5.84 Å². The molecule has 3 N–H and O–H groups in total. The highest BCUT2D eigenvalue weighted by molar-refractivity contribution is 6.30. The average molecular weight is 252 g/mol. The molecule has 1 unspecified atom stereocenters. The molecule has 5 heteroatoms. The maximum absolute atomic E-state index is 13.6. The molecule has 1 aromatic carbocycles. The molecule has 0 amide bonds. The highest BCUT2D eigenvalue weighted by Crippen LogP contribution is 2.23. The van der Waals surface area contributed by atoms with Gasteiger partial charge in [-0.1, -0.05) is 23.7 Å². The van der Waals surface area contributed by atoms with Gasteiger partial charge in [0.1, 0.15) is 5.82 Å². The molecule has 17 heavy (non-hydrogen) atoms. The number of benzene rings is 1. The van der Waals surface area contributed by atoms with Gasteiger partial charge in [0, 0.05) is 11.2 Å². The number of nitrogens with two attached hydrogens (primary N) is 1. The molecule has 0 aliphatic carbocycles. The lowest BCUT2D eigenvalue weighted by Crippen LogP contribution is -2.30. The minimum atomic E-state index is -0.519. The van der Waals surface area contributed by atoms with E-state index in [9.17, 15) is 4.39 Å². The number of nitrogens with zero attached hydrogens (tertiary/aromatic N) is 1. The van der Waals surface area contributed by atoms with Crippen molar-refractivity contribution >= 4 is 11.6 Å². The van der Waals surface area contributed by atoms with Gasteiger partial charge in [0.2, 0.25) is 0 Å². The first-order chi connectivity index (χ1) is 8.22. The van der Waals surface area contributed by atoms with Crippen molar-refractivity contribution in [3.8, 4) is 0 Å². The summed E-state index contributed by atoms with van der Waals surface area (Å²) in [5, 5.41) is 0.569. The SMILES string of the molecule is NNC(c1cccc(Cl)c1)c1ncccc1F. The van der Waals surface area contributed by atoms with E-state index < -0.39 is 11.9 Å². The summed E-state index contributed by atoms with van der Waals surface area (Å²) < 4.78 is 13.6. The molecular formula is C12H11ClFN3. The normalized spacial score (nSPS) is 12.4. The standard InChI is InChI=1S/C12H11ClFN3/c13-9-4-1-3-8(7-9)11(17-15)12-10(14)5-2-6-16-12/h1-7,11,17H,15H2. The Balaban J connectivity index is 2.44. The highest BCUT2D eigenvalue weighted by atomic mass is 35.5. The van der Waals surface area contributed by atoms with Crippen LogP contribution < -0.4 is 11.3 Å². The van der Waals surface area contributed by atoms with Crippen LogP contribution in [-0.4, -0.2) is 4.98 Å². The van der Waals surface area contributed by atoms with Gasteiger partial charge in [-0.15, -0.1) is 0 Å². The number of hydrazine groups is 1. The smallest absolute Gasteiger partial charge is 0.146 e. The van der Waals surface area contributed by atoms with Crippen molar-refractivity contribution < 1.29 is 4.39 Å². The van der Waals surface area contributed by atoms with Crippen molar-refractivity contribution in [2.45, 2.75) is 6.04 Å². The molecule has 0 bridgehead atoms. The van der Waals surface area contributed by atoms with Crippen molar-refractivity contribution in [1.29, 1.82) is 0 Å². The third-order valence-corrected chi connectivity index (χ3v) is 2.64. The second-order valence-corrected chi connectivity index (χ2v) is 3.96. The second-order valence-electron chi connectivity index (χ2n) is 3.53. The fraction of sp³-hybridized carbons (Fsp3) is 0.0833. The van der Waals surface area contributed by atoms with E-state index in [2.05, 4.69) is 10.4 Å². The topological polar surface area (TPSA) is 50.9 Å². The number of aromatic nitrogens is 1. The number of rotatable bonds is 3. The maximum Gasteiger partial charge on any atom is 0.146 e. The number of halogens is 2. The van der Waals surface area contributed by atoms with Crippen molar-refractivity contribution in [3.05, 3.63) is 64.7 Å². The van der Waals surface area contributed by atoms with Crippen LogP contribution in [0.2, 0.25) is 5.02 Å². The Bertz CT molecular complexity index is 519. The van der Waals surface area contributed by atoms with E-state index in [0.717, 1.165) is 5.56 Å².